The maximum atomic E-state index is 11.2. The zero-order valence-corrected chi connectivity index (χ0v) is 15.4. The van der Waals surface area contributed by atoms with E-state index < -0.39 is 5.97 Å². The molecule has 0 aromatic carbocycles. The lowest BCUT2D eigenvalue weighted by Crippen LogP contribution is -2.39. The number of piperidine rings is 1. The highest BCUT2D eigenvalue weighted by atomic mass is 16.5. The number of morpholine rings is 1. The number of aliphatic carboxylic acids is 1. The topological polar surface area (TPSA) is 143 Å². The molecule has 11 nitrogen and oxygen atoms in total. The average Bonchev–Trinajstić information content (AvgIpc) is 2.74. The summed E-state index contributed by atoms with van der Waals surface area (Å²) in [5, 5.41) is 9.22. The minimum absolute atomic E-state index is 0.183. The number of nitrogen functional groups attached to an aromatic ring is 1. The van der Waals surface area contributed by atoms with Crippen molar-refractivity contribution in [2.24, 2.45) is 5.92 Å². The zero-order valence-electron chi connectivity index (χ0n) is 15.4. The smallest absolute Gasteiger partial charge is 0.306 e. The second-order valence-corrected chi connectivity index (χ2v) is 6.79. The third-order valence-electron chi connectivity index (χ3n) is 4.96. The number of aromatic nitrogens is 5. The Kier molecular flexibility index (Phi) is 5.15. The highest BCUT2D eigenvalue weighted by molar-refractivity contribution is 5.70. The Balaban J connectivity index is 1.65. The summed E-state index contributed by atoms with van der Waals surface area (Å²) >= 11 is 0. The first kappa shape index (κ1) is 18.3. The molecule has 2 aliphatic heterocycles. The van der Waals surface area contributed by atoms with Gasteiger partial charge in [0, 0.05) is 38.6 Å². The summed E-state index contributed by atoms with van der Waals surface area (Å²) in [5.41, 5.74) is 6.23. The monoisotopic (exact) mass is 386 g/mol. The van der Waals surface area contributed by atoms with Gasteiger partial charge in [-0.05, 0) is 12.8 Å². The van der Waals surface area contributed by atoms with Gasteiger partial charge in [0.05, 0.1) is 24.7 Å². The second-order valence-electron chi connectivity index (χ2n) is 6.79. The van der Waals surface area contributed by atoms with Crippen molar-refractivity contribution in [3.05, 3.63) is 12.4 Å². The Bertz CT molecular complexity index is 833. The van der Waals surface area contributed by atoms with E-state index in [4.69, 9.17) is 10.5 Å². The number of anilines is 3. The van der Waals surface area contributed by atoms with Crippen LogP contribution in [-0.2, 0) is 9.53 Å². The molecule has 0 unspecified atom stereocenters. The van der Waals surface area contributed by atoms with Gasteiger partial charge in [-0.2, -0.15) is 15.0 Å². The Morgan fingerprint density at radius 3 is 2.14 bits per heavy atom. The van der Waals surface area contributed by atoms with Gasteiger partial charge in [0.1, 0.15) is 0 Å². The molecule has 0 aliphatic carbocycles. The van der Waals surface area contributed by atoms with Crippen molar-refractivity contribution in [3.63, 3.8) is 0 Å². The van der Waals surface area contributed by atoms with Crippen molar-refractivity contribution in [3.8, 4) is 11.4 Å². The number of nitrogens with zero attached hydrogens (tertiary/aromatic N) is 7. The lowest BCUT2D eigenvalue weighted by atomic mass is 9.97. The predicted molar refractivity (Wildman–Crippen MR) is 101 cm³/mol. The number of carboxylic acid groups (broad SMARTS) is 1. The van der Waals surface area contributed by atoms with E-state index in [2.05, 4.69) is 29.8 Å². The van der Waals surface area contributed by atoms with Crippen LogP contribution < -0.4 is 15.5 Å². The summed E-state index contributed by atoms with van der Waals surface area (Å²) < 4.78 is 5.42. The van der Waals surface area contributed by atoms with E-state index in [9.17, 15) is 9.90 Å². The molecule has 11 heteroatoms. The molecule has 0 amide bonds. The van der Waals surface area contributed by atoms with Gasteiger partial charge in [-0.15, -0.1) is 0 Å². The highest BCUT2D eigenvalue weighted by Gasteiger charge is 2.27. The number of carbonyl (C=O) groups is 1. The molecule has 0 atom stereocenters. The van der Waals surface area contributed by atoms with E-state index in [1.165, 1.54) is 0 Å². The van der Waals surface area contributed by atoms with Gasteiger partial charge in [0.25, 0.3) is 0 Å². The minimum Gasteiger partial charge on any atom is -0.481 e. The van der Waals surface area contributed by atoms with Crippen LogP contribution in [0.2, 0.25) is 0 Å². The van der Waals surface area contributed by atoms with Gasteiger partial charge < -0.3 is 25.4 Å². The van der Waals surface area contributed by atoms with Gasteiger partial charge in [-0.25, -0.2) is 9.97 Å². The molecule has 28 heavy (non-hydrogen) atoms. The van der Waals surface area contributed by atoms with Crippen molar-refractivity contribution >= 4 is 23.8 Å². The summed E-state index contributed by atoms with van der Waals surface area (Å²) in [4.78, 5) is 37.2. The minimum atomic E-state index is -0.746. The van der Waals surface area contributed by atoms with E-state index in [0.717, 1.165) is 0 Å². The fraction of sp³-hybridized carbons (Fsp3) is 0.529. The van der Waals surface area contributed by atoms with Crippen LogP contribution in [0.1, 0.15) is 12.8 Å². The molecular weight excluding hydrogens is 364 g/mol. The molecule has 0 radical (unpaired) electrons. The normalized spacial score (nSPS) is 18.3. The van der Waals surface area contributed by atoms with Crippen LogP contribution in [0.3, 0.4) is 0 Å². The number of ether oxygens (including phenoxy) is 1. The van der Waals surface area contributed by atoms with E-state index >= 15 is 0 Å². The number of hydrogen-bond donors (Lipinski definition) is 2. The fourth-order valence-electron chi connectivity index (χ4n) is 3.31. The summed E-state index contributed by atoms with van der Waals surface area (Å²) in [5.74, 6) is 0.687. The highest BCUT2D eigenvalue weighted by Crippen LogP contribution is 2.25. The number of nitrogens with two attached hydrogens (primary N) is 1. The first-order valence-corrected chi connectivity index (χ1v) is 9.24. The van der Waals surface area contributed by atoms with Gasteiger partial charge in [0.2, 0.25) is 17.8 Å². The maximum Gasteiger partial charge on any atom is 0.306 e. The molecule has 3 N–H and O–H groups in total. The quantitative estimate of drug-likeness (QED) is 0.735. The summed E-state index contributed by atoms with van der Waals surface area (Å²) in [6.45, 7) is 3.80. The molecule has 2 fully saturated rings. The summed E-state index contributed by atoms with van der Waals surface area (Å²) in [6.07, 6.45) is 4.30. The van der Waals surface area contributed by atoms with Crippen LogP contribution in [0.5, 0.6) is 0 Å². The molecule has 4 heterocycles. The first-order chi connectivity index (χ1) is 13.6. The standard InChI is InChI=1S/C17H22N8O3/c18-15-19-9-12(10-20-15)13-21-16(24-3-1-11(2-4-24)14(26)27)23-17(22-13)25-5-7-28-8-6-25/h9-11H,1-8H2,(H,26,27)(H2,18,19,20). The van der Waals surface area contributed by atoms with Crippen molar-refractivity contribution in [2.75, 3.05) is 54.9 Å². The van der Waals surface area contributed by atoms with Crippen molar-refractivity contribution < 1.29 is 14.6 Å². The lowest BCUT2D eigenvalue weighted by Gasteiger charge is -2.32. The average molecular weight is 386 g/mol. The summed E-state index contributed by atoms with van der Waals surface area (Å²) in [7, 11) is 0. The second kappa shape index (κ2) is 7.89. The maximum absolute atomic E-state index is 11.2. The fourth-order valence-corrected chi connectivity index (χ4v) is 3.31. The van der Waals surface area contributed by atoms with Gasteiger partial charge in [0.15, 0.2) is 5.82 Å². The van der Waals surface area contributed by atoms with Crippen LogP contribution in [0.4, 0.5) is 17.8 Å². The van der Waals surface area contributed by atoms with Crippen molar-refractivity contribution in [1.29, 1.82) is 0 Å². The Morgan fingerprint density at radius 2 is 1.57 bits per heavy atom. The molecule has 0 saturated carbocycles. The molecule has 0 spiro atoms. The molecule has 148 valence electrons. The number of rotatable bonds is 4. The zero-order chi connectivity index (χ0) is 19.5. The molecule has 2 aromatic rings. The Labute approximate surface area is 161 Å². The van der Waals surface area contributed by atoms with Crippen molar-refractivity contribution in [1.82, 2.24) is 24.9 Å². The summed E-state index contributed by atoms with van der Waals surface area (Å²) in [6, 6.07) is 0. The van der Waals surface area contributed by atoms with E-state index in [-0.39, 0.29) is 11.9 Å². The van der Waals surface area contributed by atoms with Crippen LogP contribution in [-0.4, -0.2) is 75.4 Å². The number of carboxylic acids is 1. The van der Waals surface area contributed by atoms with E-state index in [1.807, 2.05) is 4.90 Å². The van der Waals surface area contributed by atoms with Crippen LogP contribution in [0.25, 0.3) is 11.4 Å². The molecule has 2 aliphatic rings. The third-order valence-corrected chi connectivity index (χ3v) is 4.96. The third kappa shape index (κ3) is 3.93. The van der Waals surface area contributed by atoms with Crippen LogP contribution in [0, 0.1) is 5.92 Å². The van der Waals surface area contributed by atoms with E-state index in [1.54, 1.807) is 12.4 Å². The van der Waals surface area contributed by atoms with Crippen LogP contribution >= 0.6 is 0 Å². The first-order valence-electron chi connectivity index (χ1n) is 9.24. The number of hydrogen-bond acceptors (Lipinski definition) is 10. The predicted octanol–water partition coefficient (Wildman–Crippen LogP) is 0.0484. The van der Waals surface area contributed by atoms with E-state index in [0.29, 0.717) is 75.5 Å². The van der Waals surface area contributed by atoms with Crippen LogP contribution in [0.15, 0.2) is 12.4 Å². The largest absolute Gasteiger partial charge is 0.481 e. The van der Waals surface area contributed by atoms with Crippen molar-refractivity contribution in [2.45, 2.75) is 12.8 Å². The molecular formula is C17H22N8O3. The van der Waals surface area contributed by atoms with Gasteiger partial charge in [-0.1, -0.05) is 0 Å². The van der Waals surface area contributed by atoms with Gasteiger partial charge in [-0.3, -0.25) is 4.79 Å². The Morgan fingerprint density at radius 1 is 1.00 bits per heavy atom. The molecule has 2 saturated heterocycles. The Hall–Kier alpha value is -3.08. The van der Waals surface area contributed by atoms with Gasteiger partial charge >= 0.3 is 5.97 Å². The molecule has 0 bridgehead atoms. The molecule has 2 aromatic heterocycles. The molecule has 4 rings (SSSR count). The lowest BCUT2D eigenvalue weighted by molar-refractivity contribution is -0.142. The SMILES string of the molecule is Nc1ncc(-c2nc(N3CCOCC3)nc(N3CCC(C(=O)O)CC3)n2)cn1.